The van der Waals surface area contributed by atoms with Gasteiger partial charge in [-0.25, -0.2) is 0 Å². The molecule has 2 atom stereocenters. The van der Waals surface area contributed by atoms with Crippen LogP contribution < -0.4 is 0 Å². The third kappa shape index (κ3) is 2.63. The number of phenolic OH excluding ortho intramolecular Hbond substituents is 1. The van der Waals surface area contributed by atoms with E-state index in [9.17, 15) is 10.2 Å². The van der Waals surface area contributed by atoms with Crippen molar-refractivity contribution in [2.75, 3.05) is 20.1 Å². The molecule has 3 aromatic rings. The van der Waals surface area contributed by atoms with Crippen molar-refractivity contribution in [1.29, 1.82) is 0 Å². The van der Waals surface area contributed by atoms with Gasteiger partial charge in [0.1, 0.15) is 5.75 Å². The lowest BCUT2D eigenvalue weighted by Crippen LogP contribution is -2.66. The van der Waals surface area contributed by atoms with Crippen LogP contribution in [0.3, 0.4) is 0 Å². The third-order valence-corrected chi connectivity index (χ3v) is 6.87. The Hall–Kier alpha value is -2.14. The molecule has 0 saturated carbocycles. The van der Waals surface area contributed by atoms with Gasteiger partial charge < -0.3 is 15.1 Å². The van der Waals surface area contributed by atoms with Gasteiger partial charge >= 0.3 is 0 Å². The van der Waals surface area contributed by atoms with Gasteiger partial charge in [0.05, 0.1) is 11.1 Å². The molecule has 2 heterocycles. The quantitative estimate of drug-likeness (QED) is 0.660. The van der Waals surface area contributed by atoms with E-state index in [2.05, 4.69) is 18.0 Å². The van der Waals surface area contributed by atoms with E-state index in [0.717, 1.165) is 40.7 Å². The molecule has 4 nitrogen and oxygen atoms in total. The Balaban J connectivity index is 1.71. The Bertz CT molecular complexity index is 1090. The molecule has 1 aromatic heterocycles. The SMILES string of the molecule is CN1CC[C@@]2(c3cccc(O)c3)Cc3nc4ccc(Cl)cc4cc3C[C@]2(O)C1. The van der Waals surface area contributed by atoms with Gasteiger partial charge in [0.15, 0.2) is 0 Å². The van der Waals surface area contributed by atoms with E-state index in [-0.39, 0.29) is 5.75 Å². The van der Waals surface area contributed by atoms with E-state index < -0.39 is 11.0 Å². The summed E-state index contributed by atoms with van der Waals surface area (Å²) in [5.41, 5.74) is 2.66. The van der Waals surface area contributed by atoms with Crippen LogP contribution >= 0.6 is 11.6 Å². The Morgan fingerprint density at radius 3 is 2.79 bits per heavy atom. The molecule has 0 bridgehead atoms. The molecule has 2 aromatic carbocycles. The van der Waals surface area contributed by atoms with Crippen LogP contribution in [0.1, 0.15) is 23.2 Å². The van der Waals surface area contributed by atoms with Gasteiger partial charge in [0.25, 0.3) is 0 Å². The predicted molar refractivity (Wildman–Crippen MR) is 111 cm³/mol. The number of hydrogen-bond donors (Lipinski definition) is 2. The molecule has 5 rings (SSSR count). The lowest BCUT2D eigenvalue weighted by molar-refractivity contribution is -0.0976. The fourth-order valence-corrected chi connectivity index (χ4v) is 5.41. The second-order valence-corrected chi connectivity index (χ2v) is 8.87. The molecular weight excluding hydrogens is 372 g/mol. The third-order valence-electron chi connectivity index (χ3n) is 6.64. The lowest BCUT2D eigenvalue weighted by Gasteiger charge is -2.56. The number of rotatable bonds is 1. The van der Waals surface area contributed by atoms with E-state index >= 15 is 0 Å². The van der Waals surface area contributed by atoms with Crippen LogP contribution in [0.4, 0.5) is 0 Å². The molecular formula is C23H23ClN2O2. The van der Waals surface area contributed by atoms with Crippen molar-refractivity contribution < 1.29 is 10.2 Å². The van der Waals surface area contributed by atoms with E-state index in [1.54, 1.807) is 6.07 Å². The highest BCUT2D eigenvalue weighted by Gasteiger charge is 2.56. The normalized spacial score (nSPS) is 27.4. The topological polar surface area (TPSA) is 56.6 Å². The summed E-state index contributed by atoms with van der Waals surface area (Å²) in [4.78, 5) is 7.14. The number of hydrogen-bond acceptors (Lipinski definition) is 4. The average Bonchev–Trinajstić information content (AvgIpc) is 2.64. The standard InChI is InChI=1S/C23H23ClN2O2/c1-26-8-7-22(17-3-2-4-19(27)11-17)13-21-16(12-23(22,28)14-26)9-15-10-18(24)5-6-20(15)25-21/h2-6,9-11,27-28H,7-8,12-14H2,1H3/t22-,23-/m0/s1. The number of nitrogens with zero attached hydrogens (tertiary/aromatic N) is 2. The van der Waals surface area contributed by atoms with Gasteiger partial charge in [-0.15, -0.1) is 0 Å². The molecule has 28 heavy (non-hydrogen) atoms. The number of phenols is 1. The monoisotopic (exact) mass is 394 g/mol. The van der Waals surface area contributed by atoms with Crippen molar-refractivity contribution in [3.63, 3.8) is 0 Å². The van der Waals surface area contributed by atoms with Gasteiger partial charge in [-0.2, -0.15) is 0 Å². The number of likely N-dealkylation sites (N-methyl/N-ethyl adjacent to an activating group) is 1. The minimum absolute atomic E-state index is 0.236. The molecule has 1 aliphatic heterocycles. The summed E-state index contributed by atoms with van der Waals surface area (Å²) in [6, 6.07) is 15.3. The number of halogens is 1. The van der Waals surface area contributed by atoms with Gasteiger partial charge in [0, 0.05) is 40.9 Å². The molecule has 1 fully saturated rings. The first kappa shape index (κ1) is 17.9. The first-order valence-electron chi connectivity index (χ1n) is 9.67. The average molecular weight is 395 g/mol. The minimum atomic E-state index is -0.922. The number of likely N-dealkylation sites (tertiary alicyclic amines) is 1. The van der Waals surface area contributed by atoms with Gasteiger partial charge in [-0.1, -0.05) is 23.7 Å². The lowest BCUT2D eigenvalue weighted by atomic mass is 9.56. The molecule has 144 valence electrons. The molecule has 1 saturated heterocycles. The number of pyridine rings is 1. The van der Waals surface area contributed by atoms with Crippen LogP contribution in [0, 0.1) is 0 Å². The van der Waals surface area contributed by atoms with Crippen molar-refractivity contribution in [2.24, 2.45) is 0 Å². The highest BCUT2D eigenvalue weighted by molar-refractivity contribution is 6.31. The Kier molecular flexibility index (Phi) is 3.96. The smallest absolute Gasteiger partial charge is 0.115 e. The van der Waals surface area contributed by atoms with E-state index in [4.69, 9.17) is 16.6 Å². The maximum Gasteiger partial charge on any atom is 0.115 e. The Morgan fingerprint density at radius 1 is 1.11 bits per heavy atom. The number of β-amino-alcohol motifs (C(OH)–C–C–N with tert-alkyl or cyclic N) is 1. The van der Waals surface area contributed by atoms with Crippen molar-refractivity contribution in [1.82, 2.24) is 9.88 Å². The zero-order chi connectivity index (χ0) is 19.5. The summed E-state index contributed by atoms with van der Waals surface area (Å²) in [6.07, 6.45) is 2.02. The second kappa shape index (κ2) is 6.18. The van der Waals surface area contributed by atoms with Crippen LogP contribution in [0.2, 0.25) is 5.02 Å². The summed E-state index contributed by atoms with van der Waals surface area (Å²) >= 11 is 6.17. The molecule has 2 N–H and O–H groups in total. The zero-order valence-corrected chi connectivity index (χ0v) is 16.6. The van der Waals surface area contributed by atoms with Crippen LogP contribution in [-0.4, -0.2) is 45.8 Å². The Labute approximate surface area is 169 Å². The maximum absolute atomic E-state index is 12.0. The van der Waals surface area contributed by atoms with E-state index in [1.165, 1.54) is 0 Å². The van der Waals surface area contributed by atoms with Crippen molar-refractivity contribution >= 4 is 22.5 Å². The highest BCUT2D eigenvalue weighted by Crippen LogP contribution is 2.50. The number of aromatic nitrogens is 1. The summed E-state index contributed by atoms with van der Waals surface area (Å²) in [5, 5.41) is 23.8. The van der Waals surface area contributed by atoms with Crippen LogP contribution in [0.5, 0.6) is 5.75 Å². The van der Waals surface area contributed by atoms with Crippen molar-refractivity contribution in [2.45, 2.75) is 30.3 Å². The molecule has 5 heteroatoms. The molecule has 0 amide bonds. The van der Waals surface area contributed by atoms with Gasteiger partial charge in [0.2, 0.25) is 0 Å². The number of benzene rings is 2. The number of fused-ring (bicyclic) bond motifs is 3. The second-order valence-electron chi connectivity index (χ2n) is 8.44. The largest absolute Gasteiger partial charge is 0.508 e. The van der Waals surface area contributed by atoms with Crippen molar-refractivity contribution in [3.05, 3.63) is 70.4 Å². The zero-order valence-electron chi connectivity index (χ0n) is 15.8. The van der Waals surface area contributed by atoms with Crippen molar-refractivity contribution in [3.8, 4) is 5.75 Å². The fourth-order valence-electron chi connectivity index (χ4n) is 5.23. The summed E-state index contributed by atoms with van der Waals surface area (Å²) < 4.78 is 0. The number of aliphatic hydroxyl groups is 1. The number of piperidine rings is 1. The Morgan fingerprint density at radius 2 is 1.96 bits per heavy atom. The number of aromatic hydroxyl groups is 1. The summed E-state index contributed by atoms with van der Waals surface area (Å²) in [6.45, 7) is 1.49. The van der Waals surface area contributed by atoms with E-state index in [0.29, 0.717) is 24.4 Å². The minimum Gasteiger partial charge on any atom is -0.508 e. The summed E-state index contributed by atoms with van der Waals surface area (Å²) in [7, 11) is 2.05. The first-order chi connectivity index (χ1) is 13.4. The first-order valence-corrected chi connectivity index (χ1v) is 10.0. The molecule has 0 spiro atoms. The maximum atomic E-state index is 12.0. The van der Waals surface area contributed by atoms with Crippen LogP contribution in [0.15, 0.2) is 48.5 Å². The molecule has 0 radical (unpaired) electrons. The molecule has 1 aliphatic carbocycles. The van der Waals surface area contributed by atoms with Gasteiger partial charge in [-0.05, 0) is 67.5 Å². The van der Waals surface area contributed by atoms with Gasteiger partial charge in [-0.3, -0.25) is 4.98 Å². The highest BCUT2D eigenvalue weighted by atomic mass is 35.5. The van der Waals surface area contributed by atoms with Crippen LogP contribution in [-0.2, 0) is 18.3 Å². The van der Waals surface area contributed by atoms with Crippen LogP contribution in [0.25, 0.3) is 10.9 Å². The fraction of sp³-hybridized carbons (Fsp3) is 0.348. The summed E-state index contributed by atoms with van der Waals surface area (Å²) in [5.74, 6) is 0.236. The molecule has 2 aliphatic rings. The molecule has 0 unspecified atom stereocenters. The predicted octanol–water partition coefficient (Wildman–Crippen LogP) is 3.70. The van der Waals surface area contributed by atoms with E-state index in [1.807, 2.05) is 36.4 Å².